The first-order chi connectivity index (χ1) is 10.7. The predicted molar refractivity (Wildman–Crippen MR) is 117 cm³/mol. The molecule has 0 spiro atoms. The van der Waals surface area contributed by atoms with E-state index in [-0.39, 0.29) is 0 Å². The van der Waals surface area contributed by atoms with Crippen LogP contribution in [0.4, 0.5) is 0 Å². The lowest BCUT2D eigenvalue weighted by Crippen LogP contribution is -2.59. The van der Waals surface area contributed by atoms with Gasteiger partial charge in [0.15, 0.2) is 25.0 Å². The Labute approximate surface area is 155 Å². The summed E-state index contributed by atoms with van der Waals surface area (Å²) < 4.78 is 19.9. The molecule has 0 atom stereocenters. The summed E-state index contributed by atoms with van der Waals surface area (Å²) in [4.78, 5) is 0. The molecule has 0 bridgehead atoms. The molecule has 0 saturated heterocycles. The van der Waals surface area contributed by atoms with E-state index in [1.165, 1.54) is 25.7 Å². The van der Waals surface area contributed by atoms with Crippen LogP contribution in [0, 0.1) is 0 Å². The molecule has 3 nitrogen and oxygen atoms in total. The normalized spacial score (nSPS) is 14.6. The highest BCUT2D eigenvalue weighted by atomic mass is 28.5. The Morgan fingerprint density at radius 2 is 1.04 bits per heavy atom. The molecule has 0 radical (unpaired) electrons. The number of rotatable bonds is 12. The lowest BCUT2D eigenvalue weighted by atomic mass is 10.2. The average molecular weight is 407 g/mol. The second kappa shape index (κ2) is 9.99. The molecule has 0 aliphatic heterocycles. The van der Waals surface area contributed by atoms with Crippen LogP contribution in [-0.2, 0) is 12.3 Å². The average Bonchev–Trinajstić information content (AvgIpc) is 2.26. The Kier molecular flexibility index (Phi) is 10.2. The van der Waals surface area contributed by atoms with Crippen molar-refractivity contribution in [3.05, 3.63) is 11.8 Å². The van der Waals surface area contributed by atoms with Crippen LogP contribution in [0.25, 0.3) is 0 Å². The minimum atomic E-state index is -2.77. The van der Waals surface area contributed by atoms with Gasteiger partial charge in [-0.2, -0.15) is 0 Å². The first-order valence-electron chi connectivity index (χ1n) is 9.46. The zero-order valence-corrected chi connectivity index (χ0v) is 21.9. The molecule has 0 fully saturated rings. The third kappa shape index (κ3) is 13.7. The first kappa shape index (κ1) is 24.5. The summed E-state index contributed by atoms with van der Waals surface area (Å²) in [6, 6.07) is 0. The van der Waals surface area contributed by atoms with Gasteiger partial charge < -0.3 is 12.3 Å². The van der Waals surface area contributed by atoms with Crippen LogP contribution in [-0.4, -0.2) is 33.8 Å². The minimum Gasteiger partial charge on any atom is -0.414 e. The summed E-state index contributed by atoms with van der Waals surface area (Å²) in [5.74, 6) is 0. The molecule has 0 rings (SSSR count). The fourth-order valence-electron chi connectivity index (χ4n) is 2.36. The van der Waals surface area contributed by atoms with Gasteiger partial charge in [-0.05, 0) is 77.5 Å². The van der Waals surface area contributed by atoms with Crippen LogP contribution in [0.2, 0.25) is 58.9 Å². The predicted octanol–water partition coefficient (Wildman–Crippen LogP) is 6.55. The standard InChI is InChI=1S/C17H42O3Si4/c1-11-12-13-14-15-16-17-24(18-21(2,3)4,19-22(5,6)7)20-23(8,9)10/h16-17H,11-15H2,1-10H3/b17-16+. The molecule has 0 unspecified atom stereocenters. The maximum absolute atomic E-state index is 6.62. The number of unbranched alkanes of at least 4 members (excludes halogenated alkanes) is 4. The van der Waals surface area contributed by atoms with E-state index in [1.807, 2.05) is 0 Å². The van der Waals surface area contributed by atoms with Gasteiger partial charge in [0.2, 0.25) is 0 Å². The van der Waals surface area contributed by atoms with E-state index in [9.17, 15) is 0 Å². The van der Waals surface area contributed by atoms with Gasteiger partial charge in [0, 0.05) is 0 Å². The van der Waals surface area contributed by atoms with Crippen LogP contribution < -0.4 is 0 Å². The summed E-state index contributed by atoms with van der Waals surface area (Å²) in [7, 11) is -8.07. The third-order valence-electron chi connectivity index (χ3n) is 2.89. The van der Waals surface area contributed by atoms with Crippen molar-refractivity contribution in [2.24, 2.45) is 0 Å². The maximum Gasteiger partial charge on any atom is 0.497 e. The molecule has 7 heteroatoms. The Bertz CT molecular complexity index is 338. The zero-order valence-electron chi connectivity index (χ0n) is 17.9. The minimum absolute atomic E-state index is 1.09. The van der Waals surface area contributed by atoms with E-state index in [0.29, 0.717) is 0 Å². The second-order valence-electron chi connectivity index (χ2n) is 9.50. The van der Waals surface area contributed by atoms with E-state index >= 15 is 0 Å². The first-order valence-corrected chi connectivity index (χ1v) is 21.5. The fourth-order valence-corrected chi connectivity index (χ4v) is 15.5. The Morgan fingerprint density at radius 3 is 1.38 bits per heavy atom. The molecule has 0 aliphatic carbocycles. The van der Waals surface area contributed by atoms with Gasteiger partial charge in [-0.3, -0.25) is 0 Å². The Hall–Kier alpha value is 0.488. The van der Waals surface area contributed by atoms with E-state index in [0.717, 1.165) is 6.42 Å². The maximum atomic E-state index is 6.62. The highest BCUT2D eigenvalue weighted by Crippen LogP contribution is 2.27. The molecular weight excluding hydrogens is 365 g/mol. The van der Waals surface area contributed by atoms with Gasteiger partial charge in [-0.1, -0.05) is 32.3 Å². The molecule has 0 saturated carbocycles. The molecule has 0 aromatic carbocycles. The Balaban J connectivity index is 5.34. The van der Waals surface area contributed by atoms with Crippen LogP contribution in [0.15, 0.2) is 11.8 Å². The number of hydrogen-bond donors (Lipinski definition) is 0. The van der Waals surface area contributed by atoms with Gasteiger partial charge in [0.1, 0.15) is 0 Å². The van der Waals surface area contributed by atoms with E-state index in [2.05, 4.69) is 77.6 Å². The molecule has 0 aliphatic rings. The molecular formula is C17H42O3Si4. The van der Waals surface area contributed by atoms with Crippen molar-refractivity contribution in [3.8, 4) is 0 Å². The van der Waals surface area contributed by atoms with Gasteiger partial charge in [0.05, 0.1) is 0 Å². The zero-order chi connectivity index (χ0) is 19.1. The lowest BCUT2D eigenvalue weighted by Gasteiger charge is -2.41. The van der Waals surface area contributed by atoms with Crippen molar-refractivity contribution >= 4 is 33.8 Å². The summed E-state index contributed by atoms with van der Waals surface area (Å²) in [6.07, 6.45) is 8.49. The SMILES string of the molecule is CCCCCC/C=C/[Si](O[Si](C)(C)C)(O[Si](C)(C)C)O[Si](C)(C)C. The van der Waals surface area contributed by atoms with Crippen LogP contribution >= 0.6 is 0 Å². The quantitative estimate of drug-likeness (QED) is 0.272. The van der Waals surface area contributed by atoms with Crippen molar-refractivity contribution in [1.82, 2.24) is 0 Å². The molecule has 0 N–H and O–H groups in total. The van der Waals surface area contributed by atoms with Gasteiger partial charge >= 0.3 is 8.80 Å². The van der Waals surface area contributed by atoms with Crippen molar-refractivity contribution in [3.63, 3.8) is 0 Å². The van der Waals surface area contributed by atoms with Crippen molar-refractivity contribution in [2.75, 3.05) is 0 Å². The molecule has 24 heavy (non-hydrogen) atoms. The van der Waals surface area contributed by atoms with Gasteiger partial charge in [-0.25, -0.2) is 0 Å². The smallest absolute Gasteiger partial charge is 0.414 e. The molecule has 0 aromatic rings. The number of hydrogen-bond acceptors (Lipinski definition) is 3. The van der Waals surface area contributed by atoms with Gasteiger partial charge in [-0.15, -0.1) is 0 Å². The van der Waals surface area contributed by atoms with E-state index < -0.39 is 33.8 Å². The highest BCUT2D eigenvalue weighted by Gasteiger charge is 2.48. The lowest BCUT2D eigenvalue weighted by molar-refractivity contribution is 0.271. The van der Waals surface area contributed by atoms with E-state index in [1.54, 1.807) is 0 Å². The summed E-state index contributed by atoms with van der Waals surface area (Å²) in [6.45, 7) is 22.3. The summed E-state index contributed by atoms with van der Waals surface area (Å²) >= 11 is 0. The summed E-state index contributed by atoms with van der Waals surface area (Å²) in [5.41, 5.74) is 2.20. The monoisotopic (exact) mass is 406 g/mol. The van der Waals surface area contributed by atoms with Crippen molar-refractivity contribution in [1.29, 1.82) is 0 Å². The largest absolute Gasteiger partial charge is 0.497 e. The topological polar surface area (TPSA) is 27.7 Å². The number of allylic oxidation sites excluding steroid dienone is 1. The van der Waals surface area contributed by atoms with E-state index in [4.69, 9.17) is 12.3 Å². The molecule has 0 aromatic heterocycles. The fraction of sp³-hybridized carbons (Fsp3) is 0.882. The van der Waals surface area contributed by atoms with Crippen LogP contribution in [0.1, 0.15) is 39.0 Å². The van der Waals surface area contributed by atoms with Crippen molar-refractivity contribution < 1.29 is 12.3 Å². The van der Waals surface area contributed by atoms with Gasteiger partial charge in [0.25, 0.3) is 0 Å². The molecule has 0 heterocycles. The van der Waals surface area contributed by atoms with Crippen LogP contribution in [0.3, 0.4) is 0 Å². The Morgan fingerprint density at radius 1 is 0.625 bits per heavy atom. The third-order valence-corrected chi connectivity index (χ3v) is 14.3. The molecule has 144 valence electrons. The highest BCUT2D eigenvalue weighted by molar-refractivity contribution is 6.92. The molecule has 0 amide bonds. The summed E-state index contributed by atoms with van der Waals surface area (Å²) in [5, 5.41) is 0. The van der Waals surface area contributed by atoms with Crippen LogP contribution in [0.5, 0.6) is 0 Å². The second-order valence-corrected chi connectivity index (χ2v) is 26.2. The van der Waals surface area contributed by atoms with Crippen molar-refractivity contribution in [2.45, 2.75) is 98.0 Å².